The summed E-state index contributed by atoms with van der Waals surface area (Å²) >= 11 is 0. The quantitative estimate of drug-likeness (QED) is 0.491. The topological polar surface area (TPSA) is 55.8 Å². The number of carbonyl (C=O) groups is 2. The lowest BCUT2D eigenvalue weighted by molar-refractivity contribution is 0.0375. The van der Waals surface area contributed by atoms with Crippen LogP contribution in [0.2, 0.25) is 0 Å². The minimum Gasteiger partial charge on any atom is -0.492 e. The number of likely N-dealkylation sites (tertiary alicyclic amines) is 1. The summed E-state index contributed by atoms with van der Waals surface area (Å²) in [5, 5.41) is 0. The fourth-order valence-corrected chi connectivity index (χ4v) is 3.47. The minimum atomic E-state index is -0.485. The smallest absolute Gasteiger partial charge is 0.339 e. The van der Waals surface area contributed by atoms with Crippen LogP contribution in [-0.4, -0.2) is 49.0 Å². The summed E-state index contributed by atoms with van der Waals surface area (Å²) in [6.45, 7) is 7.42. The fraction of sp³-hybridized carbons (Fsp3) is 0.417. The van der Waals surface area contributed by atoms with Crippen LogP contribution in [0.1, 0.15) is 59.4 Å². The van der Waals surface area contributed by atoms with E-state index in [0.717, 1.165) is 25.4 Å². The maximum atomic E-state index is 12.9. The van der Waals surface area contributed by atoms with E-state index >= 15 is 0 Å². The van der Waals surface area contributed by atoms with E-state index in [4.69, 9.17) is 9.47 Å². The van der Waals surface area contributed by atoms with Crippen molar-refractivity contribution in [3.8, 4) is 5.75 Å². The van der Waals surface area contributed by atoms with Gasteiger partial charge in [-0.15, -0.1) is 0 Å². The first-order valence-electron chi connectivity index (χ1n) is 10.3. The van der Waals surface area contributed by atoms with Gasteiger partial charge in [0.05, 0.1) is 11.7 Å². The molecular weight excluding hydrogens is 366 g/mol. The molecule has 0 bridgehead atoms. The van der Waals surface area contributed by atoms with Crippen LogP contribution < -0.4 is 4.74 Å². The number of piperidine rings is 1. The molecule has 5 heteroatoms. The first-order valence-corrected chi connectivity index (χ1v) is 10.3. The van der Waals surface area contributed by atoms with Crippen molar-refractivity contribution in [1.82, 2.24) is 4.90 Å². The first kappa shape index (κ1) is 21.1. The Bertz CT molecular complexity index is 823. The second kappa shape index (κ2) is 10.2. The molecule has 0 atom stereocenters. The fourth-order valence-electron chi connectivity index (χ4n) is 3.47. The third kappa shape index (κ3) is 5.91. The Hall–Kier alpha value is -2.66. The summed E-state index contributed by atoms with van der Waals surface area (Å²) in [6, 6.07) is 13.8. The monoisotopic (exact) mass is 395 g/mol. The van der Waals surface area contributed by atoms with Crippen LogP contribution in [0.15, 0.2) is 48.5 Å². The van der Waals surface area contributed by atoms with Gasteiger partial charge in [-0.2, -0.15) is 0 Å². The summed E-state index contributed by atoms with van der Waals surface area (Å²) in [5.41, 5.74) is 1.14. The Morgan fingerprint density at radius 1 is 0.931 bits per heavy atom. The highest BCUT2D eigenvalue weighted by Gasteiger charge is 2.20. The molecule has 1 fully saturated rings. The molecule has 3 rings (SSSR count). The highest BCUT2D eigenvalue weighted by molar-refractivity contribution is 6.14. The van der Waals surface area contributed by atoms with E-state index in [1.165, 1.54) is 19.3 Å². The number of rotatable bonds is 8. The average Bonchev–Trinajstić information content (AvgIpc) is 2.74. The van der Waals surface area contributed by atoms with E-state index in [-0.39, 0.29) is 17.5 Å². The molecule has 5 nitrogen and oxygen atoms in total. The van der Waals surface area contributed by atoms with Crippen LogP contribution in [0.25, 0.3) is 0 Å². The van der Waals surface area contributed by atoms with Gasteiger partial charge in [-0.3, -0.25) is 9.69 Å². The third-order valence-corrected chi connectivity index (χ3v) is 4.98. The van der Waals surface area contributed by atoms with Crippen LogP contribution in [0.5, 0.6) is 5.75 Å². The lowest BCUT2D eigenvalue weighted by atomic mass is 9.98. The highest BCUT2D eigenvalue weighted by atomic mass is 16.5. The number of carbonyl (C=O) groups excluding carboxylic acids is 2. The molecule has 0 unspecified atom stereocenters. The van der Waals surface area contributed by atoms with E-state index in [9.17, 15) is 9.59 Å². The molecule has 0 amide bonds. The molecule has 0 saturated carbocycles. The molecule has 2 aromatic rings. The molecule has 29 heavy (non-hydrogen) atoms. The molecule has 1 aliphatic heterocycles. The maximum Gasteiger partial charge on any atom is 0.339 e. The van der Waals surface area contributed by atoms with E-state index in [1.54, 1.807) is 62.4 Å². The van der Waals surface area contributed by atoms with Crippen molar-refractivity contribution >= 4 is 11.8 Å². The van der Waals surface area contributed by atoms with Crippen molar-refractivity contribution in [3.05, 3.63) is 65.2 Å². The van der Waals surface area contributed by atoms with Crippen LogP contribution in [0.4, 0.5) is 0 Å². The third-order valence-electron chi connectivity index (χ3n) is 4.98. The second-order valence-electron chi connectivity index (χ2n) is 7.60. The molecule has 2 aromatic carbocycles. The Kier molecular flexibility index (Phi) is 7.42. The van der Waals surface area contributed by atoms with E-state index < -0.39 is 5.97 Å². The van der Waals surface area contributed by atoms with Crippen LogP contribution in [-0.2, 0) is 4.74 Å². The molecule has 0 aliphatic carbocycles. The molecule has 0 radical (unpaired) electrons. The number of nitrogens with zero attached hydrogens (tertiary/aromatic N) is 1. The summed E-state index contributed by atoms with van der Waals surface area (Å²) in [4.78, 5) is 27.7. The zero-order valence-electron chi connectivity index (χ0n) is 17.2. The number of hydrogen-bond donors (Lipinski definition) is 0. The van der Waals surface area contributed by atoms with Crippen LogP contribution in [0.3, 0.4) is 0 Å². The lowest BCUT2D eigenvalue weighted by Gasteiger charge is -2.26. The number of benzene rings is 2. The zero-order chi connectivity index (χ0) is 20.6. The summed E-state index contributed by atoms with van der Waals surface area (Å²) in [5.74, 6) is 0.0499. The Balaban J connectivity index is 1.62. The molecule has 1 saturated heterocycles. The molecule has 1 heterocycles. The predicted molar refractivity (Wildman–Crippen MR) is 113 cm³/mol. The average molecular weight is 395 g/mol. The van der Waals surface area contributed by atoms with Crippen molar-refractivity contribution in [2.45, 2.75) is 39.2 Å². The maximum absolute atomic E-state index is 12.9. The number of ketones is 1. The molecule has 0 N–H and O–H groups in total. The van der Waals surface area contributed by atoms with Crippen molar-refractivity contribution in [2.75, 3.05) is 26.2 Å². The molecule has 1 aliphatic rings. The molecule has 0 aromatic heterocycles. The van der Waals surface area contributed by atoms with E-state index in [2.05, 4.69) is 4.90 Å². The predicted octanol–water partition coefficient (Wildman–Crippen LogP) is 4.35. The van der Waals surface area contributed by atoms with Gasteiger partial charge in [0, 0.05) is 17.7 Å². The Morgan fingerprint density at radius 2 is 1.59 bits per heavy atom. The van der Waals surface area contributed by atoms with E-state index in [0.29, 0.717) is 17.7 Å². The first-order chi connectivity index (χ1) is 14.0. The van der Waals surface area contributed by atoms with Crippen molar-refractivity contribution < 1.29 is 19.1 Å². The van der Waals surface area contributed by atoms with Gasteiger partial charge in [-0.25, -0.2) is 4.79 Å². The second-order valence-corrected chi connectivity index (χ2v) is 7.60. The largest absolute Gasteiger partial charge is 0.492 e. The number of hydrogen-bond acceptors (Lipinski definition) is 5. The number of ether oxygens (including phenoxy) is 2. The Labute approximate surface area is 172 Å². The standard InChI is InChI=1S/C24H29NO4/c1-18(2)29-24(27)22-9-5-4-8-21(22)23(26)19-10-12-20(13-11-19)28-17-16-25-14-6-3-7-15-25/h4-5,8-13,18H,3,6-7,14-17H2,1-2H3. The van der Waals surface area contributed by atoms with Gasteiger partial charge in [0.1, 0.15) is 12.4 Å². The molecule has 154 valence electrons. The minimum absolute atomic E-state index is 0.207. The van der Waals surface area contributed by atoms with Gasteiger partial charge in [0.25, 0.3) is 0 Å². The number of esters is 1. The van der Waals surface area contributed by atoms with Gasteiger partial charge in [0.2, 0.25) is 0 Å². The van der Waals surface area contributed by atoms with Gasteiger partial charge >= 0.3 is 5.97 Å². The van der Waals surface area contributed by atoms with Gasteiger partial charge < -0.3 is 9.47 Å². The summed E-state index contributed by atoms with van der Waals surface area (Å²) in [7, 11) is 0. The van der Waals surface area contributed by atoms with Gasteiger partial charge in [0.15, 0.2) is 5.78 Å². The normalized spacial score (nSPS) is 14.6. The van der Waals surface area contributed by atoms with Crippen molar-refractivity contribution in [1.29, 1.82) is 0 Å². The van der Waals surface area contributed by atoms with Gasteiger partial charge in [-0.1, -0.05) is 24.6 Å². The Morgan fingerprint density at radius 3 is 2.24 bits per heavy atom. The molecular formula is C24H29NO4. The highest BCUT2D eigenvalue weighted by Crippen LogP contribution is 2.19. The van der Waals surface area contributed by atoms with Crippen LogP contribution in [0, 0.1) is 0 Å². The van der Waals surface area contributed by atoms with Gasteiger partial charge in [-0.05, 0) is 70.1 Å². The zero-order valence-corrected chi connectivity index (χ0v) is 17.2. The lowest BCUT2D eigenvalue weighted by Crippen LogP contribution is -2.33. The van der Waals surface area contributed by atoms with Crippen LogP contribution >= 0.6 is 0 Å². The van der Waals surface area contributed by atoms with Crippen molar-refractivity contribution in [2.24, 2.45) is 0 Å². The molecule has 0 spiro atoms. The summed E-state index contributed by atoms with van der Waals surface area (Å²) < 4.78 is 11.1. The van der Waals surface area contributed by atoms with E-state index in [1.807, 2.05) is 0 Å². The SMILES string of the molecule is CC(C)OC(=O)c1ccccc1C(=O)c1ccc(OCCN2CCCCC2)cc1. The summed E-state index contributed by atoms with van der Waals surface area (Å²) in [6.07, 6.45) is 3.61. The van der Waals surface area contributed by atoms with Crippen molar-refractivity contribution in [3.63, 3.8) is 0 Å².